The Kier molecular flexibility index (Phi) is 6.41. The second-order valence-corrected chi connectivity index (χ2v) is 7.91. The quantitative estimate of drug-likeness (QED) is 0.229. The summed E-state index contributed by atoms with van der Waals surface area (Å²) in [5, 5.41) is 16.4. The summed E-state index contributed by atoms with van der Waals surface area (Å²) in [5.74, 6) is -2.25. The number of nitrogens with two attached hydrogens (primary N) is 1. The summed E-state index contributed by atoms with van der Waals surface area (Å²) >= 11 is 0. The Morgan fingerprint density at radius 3 is 2.00 bits per heavy atom. The number of carboxylic acids is 1. The van der Waals surface area contributed by atoms with E-state index in [2.05, 4.69) is 20.6 Å². The molecule has 2 unspecified atom stereocenters. The Balaban J connectivity index is 1.31. The number of hydrogen-bond acceptors (Lipinski definition) is 4. The number of hydrogen-bond donors (Lipinski definition) is 6. The van der Waals surface area contributed by atoms with Crippen molar-refractivity contribution < 1.29 is 19.5 Å². The molecule has 0 aliphatic heterocycles. The van der Waals surface area contributed by atoms with Gasteiger partial charge < -0.3 is 31.4 Å². The predicted molar refractivity (Wildman–Crippen MR) is 125 cm³/mol. The average molecular weight is 447 g/mol. The molecule has 0 fully saturated rings. The lowest BCUT2D eigenvalue weighted by molar-refractivity contribution is -0.141. The van der Waals surface area contributed by atoms with Gasteiger partial charge in [-0.3, -0.25) is 9.59 Å². The van der Waals surface area contributed by atoms with Crippen LogP contribution in [0.4, 0.5) is 0 Å². The van der Waals surface area contributed by atoms with Gasteiger partial charge in [-0.15, -0.1) is 0 Å². The highest BCUT2D eigenvalue weighted by Gasteiger charge is 2.23. The van der Waals surface area contributed by atoms with Crippen LogP contribution in [0.2, 0.25) is 0 Å². The fourth-order valence-corrected chi connectivity index (χ4v) is 3.89. The molecule has 9 nitrogen and oxygen atoms in total. The van der Waals surface area contributed by atoms with Crippen LogP contribution in [0.1, 0.15) is 11.1 Å². The SMILES string of the molecule is NC(Cc1c[nH]c2ccccc12)C(=O)NCC(=O)NC(Cc1c[nH]c2ccccc12)C(=O)O. The molecule has 33 heavy (non-hydrogen) atoms. The summed E-state index contributed by atoms with van der Waals surface area (Å²) in [6, 6.07) is 13.2. The van der Waals surface area contributed by atoms with E-state index in [1.54, 1.807) is 6.20 Å². The van der Waals surface area contributed by atoms with Crippen LogP contribution >= 0.6 is 0 Å². The number of rotatable bonds is 9. The Bertz CT molecular complexity index is 1310. The fourth-order valence-electron chi connectivity index (χ4n) is 3.89. The van der Waals surface area contributed by atoms with Gasteiger partial charge in [0.25, 0.3) is 0 Å². The molecule has 0 spiro atoms. The maximum atomic E-state index is 12.4. The molecule has 0 saturated heterocycles. The minimum atomic E-state index is -1.16. The minimum Gasteiger partial charge on any atom is -0.480 e. The first-order chi connectivity index (χ1) is 15.9. The molecule has 0 bridgehead atoms. The number of H-pyrrole nitrogens is 2. The summed E-state index contributed by atoms with van der Waals surface area (Å²) in [4.78, 5) is 42.6. The number of aromatic amines is 2. The molecule has 2 amide bonds. The standard InChI is InChI=1S/C24H25N5O4/c25-18(9-14-11-26-19-7-3-1-5-16(14)19)23(31)28-13-22(30)29-21(24(32)33)10-15-12-27-20-8-4-2-6-17(15)20/h1-8,11-12,18,21,26-27H,9-10,13,25H2,(H,28,31)(H,29,30)(H,32,33). The molecule has 0 aliphatic rings. The van der Waals surface area contributed by atoms with E-state index in [0.717, 1.165) is 32.9 Å². The third kappa shape index (κ3) is 5.04. The summed E-state index contributed by atoms with van der Waals surface area (Å²) < 4.78 is 0. The molecule has 2 aromatic heterocycles. The lowest BCUT2D eigenvalue weighted by atomic mass is 10.0. The summed E-state index contributed by atoms with van der Waals surface area (Å²) in [7, 11) is 0. The number of carboxylic acid groups (broad SMARTS) is 1. The topological polar surface area (TPSA) is 153 Å². The third-order valence-corrected chi connectivity index (χ3v) is 5.61. The van der Waals surface area contributed by atoms with E-state index in [1.807, 2.05) is 54.7 Å². The van der Waals surface area contributed by atoms with Crippen molar-refractivity contribution in [2.75, 3.05) is 6.54 Å². The van der Waals surface area contributed by atoms with Gasteiger partial charge in [-0.05, 0) is 29.7 Å². The van der Waals surface area contributed by atoms with Crippen LogP contribution in [-0.4, -0.2) is 51.5 Å². The second kappa shape index (κ2) is 9.58. The van der Waals surface area contributed by atoms with Crippen LogP contribution in [0.25, 0.3) is 21.8 Å². The minimum absolute atomic E-state index is 0.110. The first kappa shape index (κ1) is 22.1. The Hall–Kier alpha value is -4.11. The number of fused-ring (bicyclic) bond motifs is 2. The molecular formula is C24H25N5O4. The number of para-hydroxylation sites is 2. The van der Waals surface area contributed by atoms with E-state index in [1.165, 1.54) is 0 Å². The summed E-state index contributed by atoms with van der Waals surface area (Å²) in [5.41, 5.74) is 9.55. The number of carbonyl (C=O) groups is 3. The number of nitrogens with one attached hydrogen (secondary N) is 4. The van der Waals surface area contributed by atoms with Crippen LogP contribution in [0.5, 0.6) is 0 Å². The molecule has 2 aromatic carbocycles. The highest BCUT2D eigenvalue weighted by Crippen LogP contribution is 2.20. The molecule has 0 radical (unpaired) electrons. The van der Waals surface area contributed by atoms with Crippen LogP contribution < -0.4 is 16.4 Å². The van der Waals surface area contributed by atoms with Gasteiger partial charge in [-0.1, -0.05) is 36.4 Å². The lowest BCUT2D eigenvalue weighted by Crippen LogP contribution is -2.49. The fraction of sp³-hybridized carbons (Fsp3) is 0.208. The normalized spacial score (nSPS) is 13.0. The highest BCUT2D eigenvalue weighted by molar-refractivity contribution is 5.91. The number of aliphatic carboxylic acids is 1. The number of amides is 2. The largest absolute Gasteiger partial charge is 0.480 e. The summed E-state index contributed by atoms with van der Waals surface area (Å²) in [6.45, 7) is -0.363. The zero-order chi connectivity index (χ0) is 23.4. The first-order valence-electron chi connectivity index (χ1n) is 10.6. The van der Waals surface area contributed by atoms with Crippen LogP contribution in [0, 0.1) is 0 Å². The lowest BCUT2D eigenvalue weighted by Gasteiger charge is -2.16. The van der Waals surface area contributed by atoms with Gasteiger partial charge in [0, 0.05) is 40.6 Å². The Morgan fingerprint density at radius 1 is 0.879 bits per heavy atom. The van der Waals surface area contributed by atoms with Crippen molar-refractivity contribution >= 4 is 39.6 Å². The van der Waals surface area contributed by atoms with E-state index in [4.69, 9.17) is 5.73 Å². The van der Waals surface area contributed by atoms with Gasteiger partial charge in [0.2, 0.25) is 11.8 Å². The first-order valence-corrected chi connectivity index (χ1v) is 10.6. The zero-order valence-electron chi connectivity index (χ0n) is 17.8. The van der Waals surface area contributed by atoms with E-state index < -0.39 is 29.9 Å². The Labute approximate surface area is 189 Å². The average Bonchev–Trinajstić information content (AvgIpc) is 3.41. The van der Waals surface area contributed by atoms with Gasteiger partial charge in [0.15, 0.2) is 0 Å². The van der Waals surface area contributed by atoms with Gasteiger partial charge in [-0.2, -0.15) is 0 Å². The maximum Gasteiger partial charge on any atom is 0.326 e. The molecule has 2 heterocycles. The highest BCUT2D eigenvalue weighted by atomic mass is 16.4. The van der Waals surface area contributed by atoms with Crippen LogP contribution in [0.15, 0.2) is 60.9 Å². The maximum absolute atomic E-state index is 12.4. The monoisotopic (exact) mass is 447 g/mol. The van der Waals surface area contributed by atoms with Crippen molar-refractivity contribution in [3.05, 3.63) is 72.1 Å². The molecule has 0 saturated carbocycles. The molecule has 170 valence electrons. The molecule has 4 rings (SSSR count). The zero-order valence-corrected chi connectivity index (χ0v) is 17.8. The van der Waals surface area contributed by atoms with Gasteiger partial charge in [-0.25, -0.2) is 4.79 Å². The van der Waals surface area contributed by atoms with Crippen molar-refractivity contribution in [3.63, 3.8) is 0 Å². The van der Waals surface area contributed by atoms with E-state index >= 15 is 0 Å². The number of carbonyl (C=O) groups excluding carboxylic acids is 2. The van der Waals surface area contributed by atoms with Crippen LogP contribution in [0.3, 0.4) is 0 Å². The van der Waals surface area contributed by atoms with E-state index in [-0.39, 0.29) is 13.0 Å². The van der Waals surface area contributed by atoms with Gasteiger partial charge >= 0.3 is 5.97 Å². The number of benzene rings is 2. The van der Waals surface area contributed by atoms with E-state index in [0.29, 0.717) is 6.42 Å². The molecular weight excluding hydrogens is 422 g/mol. The summed E-state index contributed by atoms with van der Waals surface area (Å²) in [6.07, 6.45) is 3.96. The molecule has 9 heteroatoms. The van der Waals surface area contributed by atoms with Crippen LogP contribution in [-0.2, 0) is 27.2 Å². The molecule has 0 aliphatic carbocycles. The second-order valence-electron chi connectivity index (χ2n) is 7.91. The van der Waals surface area contributed by atoms with Crippen molar-refractivity contribution in [1.82, 2.24) is 20.6 Å². The van der Waals surface area contributed by atoms with Crippen molar-refractivity contribution in [2.45, 2.75) is 24.9 Å². The molecule has 2 atom stereocenters. The number of aromatic nitrogens is 2. The molecule has 7 N–H and O–H groups in total. The molecule has 4 aromatic rings. The predicted octanol–water partition coefficient (Wildman–Crippen LogP) is 1.45. The van der Waals surface area contributed by atoms with Gasteiger partial charge in [0.1, 0.15) is 6.04 Å². The van der Waals surface area contributed by atoms with Crippen molar-refractivity contribution in [1.29, 1.82) is 0 Å². The third-order valence-electron chi connectivity index (χ3n) is 5.61. The van der Waals surface area contributed by atoms with Gasteiger partial charge in [0.05, 0.1) is 12.6 Å². The van der Waals surface area contributed by atoms with Crippen molar-refractivity contribution in [3.8, 4) is 0 Å². The Morgan fingerprint density at radius 2 is 1.42 bits per heavy atom. The smallest absolute Gasteiger partial charge is 0.326 e. The van der Waals surface area contributed by atoms with E-state index in [9.17, 15) is 19.5 Å². The van der Waals surface area contributed by atoms with Crippen molar-refractivity contribution in [2.24, 2.45) is 5.73 Å².